The van der Waals surface area contributed by atoms with E-state index in [1.807, 2.05) is 0 Å². The van der Waals surface area contributed by atoms with E-state index in [9.17, 15) is 0 Å². The molecule has 4 aromatic rings. The minimum atomic E-state index is -14.0. The van der Waals surface area contributed by atoms with Crippen LogP contribution < -0.4 is 40.7 Å². The Bertz CT molecular complexity index is 3290. The van der Waals surface area contributed by atoms with Gasteiger partial charge in [0, 0.05) is 44.5 Å². The molecule has 4 aromatic carbocycles. The summed E-state index contributed by atoms with van der Waals surface area (Å²) in [6.45, 7) is 0. The fourth-order valence-corrected chi connectivity index (χ4v) is 11.4. The summed E-state index contributed by atoms with van der Waals surface area (Å²) in [6.07, 6.45) is -217. The van der Waals surface area contributed by atoms with Gasteiger partial charge in [0.25, 0.3) is 0 Å². The quantitative estimate of drug-likeness (QED) is 0.141. The van der Waals surface area contributed by atoms with Crippen molar-refractivity contribution in [2.75, 3.05) is 0 Å². The molecular weight excluding hydrogens is 1690 g/mol. The van der Waals surface area contributed by atoms with Gasteiger partial charge in [-0.15, -0.1) is 0 Å². The number of hydrogen-bond donors (Lipinski definition) is 0. The Balaban J connectivity index is 0.0000292. The van der Waals surface area contributed by atoms with Gasteiger partial charge in [-0.05, 0) is 0 Å². The van der Waals surface area contributed by atoms with Gasteiger partial charge in [-0.25, -0.2) is 0 Å². The maximum Gasteiger partial charge on any atom is 1.00 e. The standard InChI is InChI=1S/C44BF60.Li/c46-25(47,48)1-5(29(58,59)60)13(37(82,83)84)21(14(38(85,86)87)6(1)30(61,62)63)45(22-15(39(88,89)90)7(31(64,65)66)2(26(49,50)51)8(32(67,68)69)16(22)40(91,92)93,23-17(41(94,95)96)9(33(70,71)72)3(27(52,53)54)10(34(73,74)75)18(23)42(97,98)99)24-19(43(100,101)102)11(35(76,77)78)4(28(55,56)57)12(36(79,80)81)20(24)44(103,104)105;/q-1;+1. The van der Waals surface area contributed by atoms with Gasteiger partial charge in [0.1, 0.15) is 6.15 Å². The second kappa shape index (κ2) is 25.5. The van der Waals surface area contributed by atoms with Crippen molar-refractivity contribution in [1.29, 1.82) is 0 Å². The molecule has 62 heteroatoms. The fraction of sp³-hybridized carbons (Fsp3) is 0.455. The molecule has 0 aliphatic carbocycles. The summed E-state index contributed by atoms with van der Waals surface area (Å²) in [5.41, 5.74) is -187. The number of halogens is 60. The van der Waals surface area contributed by atoms with E-state index in [2.05, 4.69) is 0 Å². The average Bonchev–Trinajstić information content (AvgIpc) is 0.642. The summed E-state index contributed by atoms with van der Waals surface area (Å²) in [7, 11) is 0. The Labute approximate surface area is 545 Å². The minimum absolute atomic E-state index is 0. The van der Waals surface area contributed by atoms with Crippen LogP contribution in [0, 0.1) is 0 Å². The second-order valence-corrected chi connectivity index (χ2v) is 20.0. The van der Waals surface area contributed by atoms with Gasteiger partial charge in [-0.1, -0.05) is 0 Å². The molecule has 0 atom stereocenters. The van der Waals surface area contributed by atoms with Crippen LogP contribution in [0.1, 0.15) is 111 Å². The third-order valence-electron chi connectivity index (χ3n) is 13.6. The minimum Gasteiger partial charge on any atom is -0.170 e. The zero-order valence-corrected chi connectivity index (χ0v) is 46.3. The van der Waals surface area contributed by atoms with E-state index < -0.39 is 263 Å². The third-order valence-corrected chi connectivity index (χ3v) is 13.6. The first-order chi connectivity index (χ1) is 44.9. The molecule has 4 rings (SSSR count). The van der Waals surface area contributed by atoms with E-state index in [-0.39, 0.29) is 18.9 Å². The molecule has 0 aromatic heterocycles. The molecule has 600 valence electrons. The molecule has 0 spiro atoms. The van der Waals surface area contributed by atoms with Crippen molar-refractivity contribution in [3.8, 4) is 0 Å². The van der Waals surface area contributed by atoms with Crippen molar-refractivity contribution in [1.82, 2.24) is 0 Å². The molecule has 0 radical (unpaired) electrons. The van der Waals surface area contributed by atoms with E-state index in [1.165, 1.54) is 0 Å². The number of hydrogen-bond acceptors (Lipinski definition) is 0. The Morgan fingerprint density at radius 1 is 0.0943 bits per heavy atom. The Hall–Kier alpha value is -6.66. The first-order valence-corrected chi connectivity index (χ1v) is 23.5. The monoisotopic (exact) mass is 1690 g/mol. The van der Waals surface area contributed by atoms with Crippen LogP contribution in [-0.2, 0) is 124 Å². The summed E-state index contributed by atoms with van der Waals surface area (Å²) in [5, 5.41) is 0. The zero-order chi connectivity index (χ0) is 84.4. The molecular formula is C44BF60Li. The molecule has 0 amide bonds. The van der Waals surface area contributed by atoms with Crippen molar-refractivity contribution in [2.24, 2.45) is 0 Å². The number of alkyl halides is 60. The van der Waals surface area contributed by atoms with E-state index in [4.69, 9.17) is 0 Å². The third kappa shape index (κ3) is 16.6. The van der Waals surface area contributed by atoms with Crippen LogP contribution in [0.3, 0.4) is 0 Å². The van der Waals surface area contributed by atoms with Crippen LogP contribution >= 0.6 is 0 Å². The topological polar surface area (TPSA) is 0 Å². The van der Waals surface area contributed by atoms with Crippen LogP contribution in [-0.4, -0.2) is 6.15 Å². The SMILES string of the molecule is FC(F)(F)c1c([B-](c2c(C(F)(F)F)c(C(F)(F)F)c(C(F)(F)F)c(C(F)(F)F)c2C(F)(F)F)(c2c(C(F)(F)F)c(C(F)(F)F)c(C(F)(F)F)c(C(F)(F)F)c2C(F)(F)F)c2c(C(F)(F)F)c(C(F)(F)F)c(C(F)(F)F)c(C(F)(F)F)c2C(F)(F)F)c(C(F)(F)F)c(C(F)(F)F)c(C(F)(F)F)c1C(F)(F)F.[Li+]. The average molecular weight is 1690 g/mol. The van der Waals surface area contributed by atoms with Crippen LogP contribution in [0.15, 0.2) is 0 Å². The molecule has 0 saturated carbocycles. The normalized spacial score (nSPS) is 15.3. The molecule has 0 saturated heterocycles. The summed E-state index contributed by atoms with van der Waals surface area (Å²) in [6, 6.07) is 0. The number of benzene rings is 4. The predicted molar refractivity (Wildman–Crippen MR) is 210 cm³/mol. The van der Waals surface area contributed by atoms with Crippen molar-refractivity contribution in [3.63, 3.8) is 0 Å². The van der Waals surface area contributed by atoms with E-state index in [0.717, 1.165) is 0 Å². The maximum absolute atomic E-state index is 16.4. The largest absolute Gasteiger partial charge is 1.00 e. The molecule has 0 N–H and O–H groups in total. The van der Waals surface area contributed by atoms with Crippen molar-refractivity contribution < 1.29 is 282 Å². The molecule has 0 heterocycles. The van der Waals surface area contributed by atoms with Gasteiger partial charge in [0.15, 0.2) is 0 Å². The summed E-state index contributed by atoms with van der Waals surface area (Å²) in [5.74, 6) is 0. The summed E-state index contributed by atoms with van der Waals surface area (Å²) >= 11 is 0. The van der Waals surface area contributed by atoms with Crippen molar-refractivity contribution >= 4 is 28.0 Å². The van der Waals surface area contributed by atoms with Gasteiger partial charge in [-0.2, -0.15) is 285 Å². The second-order valence-electron chi connectivity index (χ2n) is 20.0. The van der Waals surface area contributed by atoms with E-state index in [0.29, 0.717) is 0 Å². The smallest absolute Gasteiger partial charge is 0.170 e. The zero-order valence-electron chi connectivity index (χ0n) is 46.3. The van der Waals surface area contributed by atoms with Gasteiger partial charge >= 0.3 is 142 Å². The van der Waals surface area contributed by atoms with Gasteiger partial charge in [0.2, 0.25) is 0 Å². The molecule has 106 heavy (non-hydrogen) atoms. The summed E-state index contributed by atoms with van der Waals surface area (Å²) in [4.78, 5) is 0. The molecule has 0 aliphatic heterocycles. The van der Waals surface area contributed by atoms with Gasteiger partial charge in [0.05, 0.1) is 66.8 Å². The fourth-order valence-electron chi connectivity index (χ4n) is 11.4. The van der Waals surface area contributed by atoms with Crippen LogP contribution in [0.2, 0.25) is 0 Å². The van der Waals surface area contributed by atoms with E-state index >= 15 is 263 Å². The van der Waals surface area contributed by atoms with Crippen LogP contribution in [0.4, 0.5) is 263 Å². The molecule has 0 nitrogen and oxygen atoms in total. The summed E-state index contributed by atoms with van der Waals surface area (Å²) < 4.78 is 950. The molecule has 0 bridgehead atoms. The first kappa shape index (κ1) is 93.5. The van der Waals surface area contributed by atoms with Gasteiger partial charge in [-0.3, -0.25) is 0 Å². The first-order valence-electron chi connectivity index (χ1n) is 23.5. The Morgan fingerprint density at radius 2 is 0.142 bits per heavy atom. The number of rotatable bonds is 4. The maximum atomic E-state index is 16.4. The van der Waals surface area contributed by atoms with Crippen LogP contribution in [0.25, 0.3) is 0 Å². The van der Waals surface area contributed by atoms with E-state index in [1.54, 1.807) is 0 Å². The Kier molecular flexibility index (Phi) is 22.5. The molecule has 0 unspecified atom stereocenters. The molecule has 0 fully saturated rings. The van der Waals surface area contributed by atoms with Crippen molar-refractivity contribution in [2.45, 2.75) is 124 Å². The molecule has 0 aliphatic rings. The Morgan fingerprint density at radius 3 is 0.189 bits per heavy atom. The predicted octanol–water partition coefficient (Wildman–Crippen LogP) is 20.4. The van der Waals surface area contributed by atoms with Crippen molar-refractivity contribution in [3.05, 3.63) is 111 Å². The van der Waals surface area contributed by atoms with Gasteiger partial charge < -0.3 is 0 Å². The van der Waals surface area contributed by atoms with Crippen LogP contribution in [0.5, 0.6) is 0 Å².